The Morgan fingerprint density at radius 3 is 2.50 bits per heavy atom. The second kappa shape index (κ2) is 8.32. The molecule has 1 atom stereocenters. The van der Waals surface area contributed by atoms with Gasteiger partial charge in [-0.15, -0.1) is 0 Å². The van der Waals surface area contributed by atoms with Crippen LogP contribution < -0.4 is 5.32 Å². The van der Waals surface area contributed by atoms with Crippen molar-refractivity contribution in [1.82, 2.24) is 5.32 Å². The van der Waals surface area contributed by atoms with Gasteiger partial charge in [-0.05, 0) is 25.8 Å². The summed E-state index contributed by atoms with van der Waals surface area (Å²) in [5, 5.41) is 3.54. The van der Waals surface area contributed by atoms with E-state index in [1.54, 1.807) is 7.11 Å². The van der Waals surface area contributed by atoms with Crippen molar-refractivity contribution in [3.63, 3.8) is 0 Å². The van der Waals surface area contributed by atoms with Crippen molar-refractivity contribution in [1.29, 1.82) is 0 Å². The fourth-order valence-corrected chi connectivity index (χ4v) is 3.52. The SMILES string of the molecule is CCCNC(CCCS(C)(=O)=O)C1(OC)CCOCC1. The van der Waals surface area contributed by atoms with Gasteiger partial charge in [-0.1, -0.05) is 6.92 Å². The van der Waals surface area contributed by atoms with Crippen LogP contribution in [0.5, 0.6) is 0 Å². The fourth-order valence-electron chi connectivity index (χ4n) is 2.83. The van der Waals surface area contributed by atoms with Gasteiger partial charge < -0.3 is 14.8 Å². The van der Waals surface area contributed by atoms with Crippen LogP contribution in [0.1, 0.15) is 39.0 Å². The first-order valence-electron chi connectivity index (χ1n) is 7.47. The minimum Gasteiger partial charge on any atom is -0.381 e. The summed E-state index contributed by atoms with van der Waals surface area (Å²) < 4.78 is 33.8. The molecular weight excluding hydrogens is 278 g/mol. The molecule has 1 saturated heterocycles. The van der Waals surface area contributed by atoms with E-state index in [1.807, 2.05) is 0 Å². The quantitative estimate of drug-likeness (QED) is 0.697. The van der Waals surface area contributed by atoms with Crippen LogP contribution in [-0.2, 0) is 19.3 Å². The largest absolute Gasteiger partial charge is 0.381 e. The molecule has 1 N–H and O–H groups in total. The smallest absolute Gasteiger partial charge is 0.147 e. The summed E-state index contributed by atoms with van der Waals surface area (Å²) in [6, 6.07) is 0.193. The van der Waals surface area contributed by atoms with Gasteiger partial charge in [0.1, 0.15) is 9.84 Å². The van der Waals surface area contributed by atoms with Crippen LogP contribution in [-0.4, -0.2) is 58.9 Å². The van der Waals surface area contributed by atoms with Gasteiger partial charge >= 0.3 is 0 Å². The molecule has 1 unspecified atom stereocenters. The third-order valence-electron chi connectivity index (χ3n) is 4.03. The lowest BCUT2D eigenvalue weighted by Gasteiger charge is -2.43. The third-order valence-corrected chi connectivity index (χ3v) is 5.06. The van der Waals surface area contributed by atoms with Gasteiger partial charge in [-0.3, -0.25) is 0 Å². The molecule has 0 aromatic carbocycles. The number of methoxy groups -OCH3 is 1. The first-order chi connectivity index (χ1) is 9.43. The zero-order valence-electron chi connectivity index (χ0n) is 13.0. The molecule has 1 aliphatic heterocycles. The molecule has 120 valence electrons. The van der Waals surface area contributed by atoms with Crippen molar-refractivity contribution in [2.45, 2.75) is 50.7 Å². The van der Waals surface area contributed by atoms with E-state index in [2.05, 4.69) is 12.2 Å². The maximum atomic E-state index is 11.3. The Bertz CT molecular complexity index is 363. The van der Waals surface area contributed by atoms with Gasteiger partial charge in [0.2, 0.25) is 0 Å². The molecule has 6 heteroatoms. The van der Waals surface area contributed by atoms with E-state index in [0.29, 0.717) is 19.6 Å². The summed E-state index contributed by atoms with van der Waals surface area (Å²) in [5.74, 6) is 0.244. The highest BCUT2D eigenvalue weighted by atomic mass is 32.2. The van der Waals surface area contributed by atoms with Crippen molar-refractivity contribution < 1.29 is 17.9 Å². The Balaban J connectivity index is 2.65. The van der Waals surface area contributed by atoms with E-state index in [4.69, 9.17) is 9.47 Å². The summed E-state index contributed by atoms with van der Waals surface area (Å²) in [7, 11) is -1.14. The second-order valence-corrected chi connectivity index (χ2v) is 7.92. The number of ether oxygens (including phenoxy) is 2. The molecule has 0 aromatic rings. The highest BCUT2D eigenvalue weighted by Crippen LogP contribution is 2.30. The molecule has 0 bridgehead atoms. The maximum Gasteiger partial charge on any atom is 0.147 e. The molecule has 5 nitrogen and oxygen atoms in total. The minimum atomic E-state index is -2.89. The lowest BCUT2D eigenvalue weighted by Crippen LogP contribution is -2.55. The van der Waals surface area contributed by atoms with Gasteiger partial charge in [-0.25, -0.2) is 8.42 Å². The lowest BCUT2D eigenvalue weighted by atomic mass is 9.83. The van der Waals surface area contributed by atoms with E-state index in [9.17, 15) is 8.42 Å². The standard InChI is InChI=1S/C14H29NO4S/c1-4-9-15-13(6-5-12-20(3,16)17)14(18-2)7-10-19-11-8-14/h13,15H,4-12H2,1-3H3. The van der Waals surface area contributed by atoms with Crippen LogP contribution in [0.25, 0.3) is 0 Å². The molecule has 0 spiro atoms. The van der Waals surface area contributed by atoms with E-state index in [0.717, 1.165) is 32.2 Å². The topological polar surface area (TPSA) is 64.6 Å². The molecule has 0 saturated carbocycles. The summed E-state index contributed by atoms with van der Waals surface area (Å²) in [6.07, 6.45) is 5.57. The molecular formula is C14H29NO4S. The predicted octanol–water partition coefficient (Wildman–Crippen LogP) is 1.38. The summed E-state index contributed by atoms with van der Waals surface area (Å²) in [4.78, 5) is 0. The van der Waals surface area contributed by atoms with Crippen LogP contribution in [0, 0.1) is 0 Å². The summed E-state index contributed by atoms with van der Waals surface area (Å²) >= 11 is 0. The van der Waals surface area contributed by atoms with Gasteiger partial charge in [-0.2, -0.15) is 0 Å². The van der Waals surface area contributed by atoms with Gasteiger partial charge in [0, 0.05) is 51.2 Å². The van der Waals surface area contributed by atoms with Crippen LogP contribution in [0.15, 0.2) is 0 Å². The van der Waals surface area contributed by atoms with Crippen LogP contribution in [0.3, 0.4) is 0 Å². The van der Waals surface area contributed by atoms with Crippen molar-refractivity contribution >= 4 is 9.84 Å². The van der Waals surface area contributed by atoms with Crippen molar-refractivity contribution in [2.24, 2.45) is 0 Å². The van der Waals surface area contributed by atoms with E-state index in [1.165, 1.54) is 6.26 Å². The van der Waals surface area contributed by atoms with Gasteiger partial charge in [0.05, 0.1) is 5.60 Å². The molecule has 1 rings (SSSR count). The summed E-state index contributed by atoms with van der Waals surface area (Å²) in [5.41, 5.74) is -0.217. The van der Waals surface area contributed by atoms with E-state index in [-0.39, 0.29) is 17.4 Å². The molecule has 20 heavy (non-hydrogen) atoms. The Kier molecular flexibility index (Phi) is 7.43. The predicted molar refractivity (Wildman–Crippen MR) is 80.8 cm³/mol. The average Bonchev–Trinajstić information content (AvgIpc) is 2.42. The fraction of sp³-hybridized carbons (Fsp3) is 1.00. The zero-order valence-corrected chi connectivity index (χ0v) is 13.8. The molecule has 1 aliphatic rings. The summed E-state index contributed by atoms with van der Waals surface area (Å²) in [6.45, 7) is 4.48. The highest BCUT2D eigenvalue weighted by Gasteiger charge is 2.39. The Morgan fingerprint density at radius 2 is 2.00 bits per heavy atom. The first kappa shape index (κ1) is 17.9. The van der Waals surface area contributed by atoms with Crippen LogP contribution in [0.2, 0.25) is 0 Å². The normalized spacial score (nSPS) is 20.8. The van der Waals surface area contributed by atoms with Crippen molar-refractivity contribution in [3.8, 4) is 0 Å². The third kappa shape index (κ3) is 5.68. The number of hydrogen-bond acceptors (Lipinski definition) is 5. The molecule has 1 fully saturated rings. The molecule has 0 aromatic heterocycles. The monoisotopic (exact) mass is 307 g/mol. The number of hydrogen-bond donors (Lipinski definition) is 1. The minimum absolute atomic E-state index is 0.193. The Hall–Kier alpha value is -0.170. The number of sulfone groups is 1. The molecule has 0 amide bonds. The van der Waals surface area contributed by atoms with E-state index < -0.39 is 9.84 Å². The van der Waals surface area contributed by atoms with Gasteiger partial charge in [0.25, 0.3) is 0 Å². The van der Waals surface area contributed by atoms with Crippen LogP contribution >= 0.6 is 0 Å². The zero-order chi connectivity index (χ0) is 15.1. The highest BCUT2D eigenvalue weighted by molar-refractivity contribution is 7.90. The number of rotatable bonds is 9. The molecule has 1 heterocycles. The molecule has 0 aliphatic carbocycles. The van der Waals surface area contributed by atoms with Crippen LogP contribution in [0.4, 0.5) is 0 Å². The first-order valence-corrected chi connectivity index (χ1v) is 9.53. The van der Waals surface area contributed by atoms with E-state index >= 15 is 0 Å². The average molecular weight is 307 g/mol. The number of nitrogens with one attached hydrogen (secondary N) is 1. The Labute approximate surface area is 123 Å². The second-order valence-electron chi connectivity index (χ2n) is 5.66. The van der Waals surface area contributed by atoms with Gasteiger partial charge in [0.15, 0.2) is 0 Å². The van der Waals surface area contributed by atoms with Crippen molar-refractivity contribution in [3.05, 3.63) is 0 Å². The Morgan fingerprint density at radius 1 is 1.35 bits per heavy atom. The molecule has 0 radical (unpaired) electrons. The maximum absolute atomic E-state index is 11.3. The lowest BCUT2D eigenvalue weighted by molar-refractivity contribution is -0.111. The van der Waals surface area contributed by atoms with Crippen molar-refractivity contribution in [2.75, 3.05) is 38.9 Å².